The van der Waals surface area contributed by atoms with Crippen LogP contribution in [-0.2, 0) is 9.53 Å². The minimum absolute atomic E-state index is 0.0892. The van der Waals surface area contributed by atoms with Crippen LogP contribution in [0.3, 0.4) is 0 Å². The number of halogens is 1. The van der Waals surface area contributed by atoms with Gasteiger partial charge in [0.25, 0.3) is 11.8 Å². The van der Waals surface area contributed by atoms with Gasteiger partial charge in [-0.15, -0.1) is 0 Å². The number of hydrogen-bond acceptors (Lipinski definition) is 6. The van der Waals surface area contributed by atoms with Crippen LogP contribution in [0, 0.1) is 5.41 Å². The third-order valence-electron chi connectivity index (χ3n) is 4.59. The highest BCUT2D eigenvalue weighted by Gasteiger charge is 2.32. The van der Waals surface area contributed by atoms with Gasteiger partial charge in [0.2, 0.25) is 0 Å². The third kappa shape index (κ3) is 5.72. The first-order chi connectivity index (χ1) is 12.9. The van der Waals surface area contributed by atoms with Gasteiger partial charge < -0.3 is 30.6 Å². The molecule has 1 fully saturated rings. The summed E-state index contributed by atoms with van der Waals surface area (Å²) >= 11 is 6.20. The molecule has 1 heterocycles. The normalized spacial score (nSPS) is 15.8. The number of rotatable bonds is 9. The van der Waals surface area contributed by atoms with E-state index in [1.54, 1.807) is 7.11 Å². The first-order valence-corrected chi connectivity index (χ1v) is 9.05. The Kier molecular flexibility index (Phi) is 7.70. The van der Waals surface area contributed by atoms with E-state index >= 15 is 0 Å². The molecule has 8 nitrogen and oxygen atoms in total. The molecule has 9 heteroatoms. The summed E-state index contributed by atoms with van der Waals surface area (Å²) in [6, 6.07) is 2.99. The van der Waals surface area contributed by atoms with Gasteiger partial charge in [-0.2, -0.15) is 0 Å². The van der Waals surface area contributed by atoms with Gasteiger partial charge in [0.05, 0.1) is 18.7 Å². The standard InChI is InChI=1S/C18H26ClN3O5/c1-25-11-18(3-5-21-6-4-18)10-22-17(24)12-7-13(19)16(14(8-12)26-2)27-9-15(20)23/h7-8,21H,3-6,9-11H2,1-2H3,(H2,20,23)(H,22,24). The summed E-state index contributed by atoms with van der Waals surface area (Å²) in [6.07, 6.45) is 1.84. The van der Waals surface area contributed by atoms with Crippen molar-refractivity contribution >= 4 is 23.4 Å². The Morgan fingerprint density at radius 3 is 2.59 bits per heavy atom. The lowest BCUT2D eigenvalue weighted by Gasteiger charge is -2.37. The summed E-state index contributed by atoms with van der Waals surface area (Å²) in [5.41, 5.74) is 5.33. The van der Waals surface area contributed by atoms with Crippen molar-refractivity contribution in [3.05, 3.63) is 22.7 Å². The van der Waals surface area contributed by atoms with E-state index in [1.807, 2.05) is 0 Å². The van der Waals surface area contributed by atoms with E-state index in [0.29, 0.717) is 18.7 Å². The molecule has 27 heavy (non-hydrogen) atoms. The molecule has 4 N–H and O–H groups in total. The van der Waals surface area contributed by atoms with Gasteiger partial charge in [-0.1, -0.05) is 11.6 Å². The Balaban J connectivity index is 2.11. The van der Waals surface area contributed by atoms with Crippen LogP contribution in [-0.4, -0.2) is 58.9 Å². The minimum Gasteiger partial charge on any atom is -0.493 e. The predicted molar refractivity (Wildman–Crippen MR) is 101 cm³/mol. The number of nitrogens with one attached hydrogen (secondary N) is 2. The fraction of sp³-hybridized carbons (Fsp3) is 0.556. The van der Waals surface area contributed by atoms with Gasteiger partial charge in [-0.3, -0.25) is 9.59 Å². The number of nitrogens with two attached hydrogens (primary N) is 1. The fourth-order valence-corrected chi connectivity index (χ4v) is 3.40. The average Bonchev–Trinajstić information content (AvgIpc) is 2.65. The van der Waals surface area contributed by atoms with Gasteiger partial charge in [-0.05, 0) is 38.1 Å². The summed E-state index contributed by atoms with van der Waals surface area (Å²) in [4.78, 5) is 23.5. The number of amides is 2. The Hall–Kier alpha value is -2.03. The summed E-state index contributed by atoms with van der Waals surface area (Å²) in [5.74, 6) is -0.489. The van der Waals surface area contributed by atoms with Crippen LogP contribution in [0.1, 0.15) is 23.2 Å². The Morgan fingerprint density at radius 2 is 2.00 bits per heavy atom. The molecule has 0 radical (unpaired) electrons. The Bertz CT molecular complexity index is 672. The summed E-state index contributed by atoms with van der Waals surface area (Å²) in [6.45, 7) is 2.53. The molecule has 1 aliphatic rings. The first kappa shape index (κ1) is 21.3. The maximum Gasteiger partial charge on any atom is 0.255 e. The van der Waals surface area contributed by atoms with Gasteiger partial charge in [0.15, 0.2) is 18.1 Å². The molecule has 2 rings (SSSR count). The van der Waals surface area contributed by atoms with Gasteiger partial charge in [0.1, 0.15) is 0 Å². The molecule has 0 atom stereocenters. The summed E-state index contributed by atoms with van der Waals surface area (Å²) < 4.78 is 15.9. The van der Waals surface area contributed by atoms with Gasteiger partial charge in [0, 0.05) is 24.6 Å². The number of piperidine rings is 1. The first-order valence-electron chi connectivity index (χ1n) is 8.67. The van der Waals surface area contributed by atoms with Crippen LogP contribution in [0.25, 0.3) is 0 Å². The minimum atomic E-state index is -0.639. The number of carbonyl (C=O) groups is 2. The lowest BCUT2D eigenvalue weighted by atomic mass is 9.79. The molecular weight excluding hydrogens is 374 g/mol. The molecule has 1 aromatic carbocycles. The number of benzene rings is 1. The van der Waals surface area contributed by atoms with E-state index in [9.17, 15) is 9.59 Å². The molecule has 0 aromatic heterocycles. The topological polar surface area (TPSA) is 112 Å². The van der Waals surface area contributed by atoms with E-state index in [-0.39, 0.29) is 34.5 Å². The van der Waals surface area contributed by atoms with E-state index in [0.717, 1.165) is 25.9 Å². The third-order valence-corrected chi connectivity index (χ3v) is 4.87. The van der Waals surface area contributed by atoms with Crippen molar-refractivity contribution in [1.82, 2.24) is 10.6 Å². The van der Waals surface area contributed by atoms with Crippen LogP contribution in [0.5, 0.6) is 11.5 Å². The Morgan fingerprint density at radius 1 is 1.30 bits per heavy atom. The second kappa shape index (κ2) is 9.77. The second-order valence-electron chi connectivity index (χ2n) is 6.61. The Labute approximate surface area is 163 Å². The average molecular weight is 400 g/mol. The predicted octanol–water partition coefficient (Wildman–Crippen LogP) is 0.959. The van der Waals surface area contributed by atoms with Gasteiger partial charge in [-0.25, -0.2) is 0 Å². The van der Waals surface area contributed by atoms with Crippen molar-refractivity contribution in [2.24, 2.45) is 11.1 Å². The van der Waals surface area contributed by atoms with Crippen LogP contribution in [0.15, 0.2) is 12.1 Å². The largest absolute Gasteiger partial charge is 0.493 e. The van der Waals surface area contributed by atoms with Crippen molar-refractivity contribution in [3.8, 4) is 11.5 Å². The highest BCUT2D eigenvalue weighted by molar-refractivity contribution is 6.32. The van der Waals surface area contributed by atoms with Crippen LogP contribution >= 0.6 is 11.6 Å². The highest BCUT2D eigenvalue weighted by atomic mass is 35.5. The smallest absolute Gasteiger partial charge is 0.255 e. The maximum atomic E-state index is 12.6. The van der Waals surface area contributed by atoms with Gasteiger partial charge >= 0.3 is 0 Å². The lowest BCUT2D eigenvalue weighted by molar-refractivity contribution is -0.119. The van der Waals surface area contributed by atoms with E-state index < -0.39 is 5.91 Å². The molecule has 0 bridgehead atoms. The number of hydrogen-bond donors (Lipinski definition) is 3. The molecule has 0 unspecified atom stereocenters. The van der Waals surface area contributed by atoms with Crippen LogP contribution in [0.4, 0.5) is 0 Å². The maximum absolute atomic E-state index is 12.6. The van der Waals surface area contributed by atoms with Crippen molar-refractivity contribution < 1.29 is 23.8 Å². The lowest BCUT2D eigenvalue weighted by Crippen LogP contribution is -2.47. The van der Waals surface area contributed by atoms with Crippen molar-refractivity contribution in [2.45, 2.75) is 12.8 Å². The zero-order valence-corrected chi connectivity index (χ0v) is 16.4. The molecule has 0 aliphatic carbocycles. The number of ether oxygens (including phenoxy) is 3. The quantitative estimate of drug-likeness (QED) is 0.570. The summed E-state index contributed by atoms with van der Waals surface area (Å²) in [5, 5.41) is 6.44. The van der Waals surface area contributed by atoms with E-state index in [2.05, 4.69) is 10.6 Å². The molecule has 1 aliphatic heterocycles. The van der Waals surface area contributed by atoms with E-state index in [4.69, 9.17) is 31.5 Å². The number of methoxy groups -OCH3 is 2. The fourth-order valence-electron chi connectivity index (χ4n) is 3.14. The number of carbonyl (C=O) groups excluding carboxylic acids is 2. The highest BCUT2D eigenvalue weighted by Crippen LogP contribution is 2.36. The SMILES string of the molecule is COCC1(CNC(=O)c2cc(Cl)c(OCC(N)=O)c(OC)c2)CCNCC1. The second-order valence-corrected chi connectivity index (χ2v) is 7.02. The zero-order valence-electron chi connectivity index (χ0n) is 15.6. The zero-order chi connectivity index (χ0) is 19.9. The van der Waals surface area contributed by atoms with E-state index in [1.165, 1.54) is 19.2 Å². The van der Waals surface area contributed by atoms with Crippen LogP contribution < -0.4 is 25.8 Å². The summed E-state index contributed by atoms with van der Waals surface area (Å²) in [7, 11) is 3.09. The van der Waals surface area contributed by atoms with Crippen LogP contribution in [0.2, 0.25) is 5.02 Å². The molecule has 0 saturated carbocycles. The molecule has 2 amide bonds. The van der Waals surface area contributed by atoms with Crippen molar-refractivity contribution in [3.63, 3.8) is 0 Å². The molecular formula is C18H26ClN3O5. The molecule has 0 spiro atoms. The number of primary amides is 1. The van der Waals surface area contributed by atoms with Crippen molar-refractivity contribution in [1.29, 1.82) is 0 Å². The molecule has 150 valence electrons. The molecule has 1 saturated heterocycles. The van der Waals surface area contributed by atoms with Crippen molar-refractivity contribution in [2.75, 3.05) is 47.1 Å². The monoisotopic (exact) mass is 399 g/mol. The molecule has 1 aromatic rings.